The minimum absolute atomic E-state index is 0.886. The maximum Gasteiger partial charge on any atom is 0.408 e. The third kappa shape index (κ3) is 4.61. The fraction of sp³-hybridized carbons (Fsp3) is 0.438. The number of hydrogen-bond acceptors (Lipinski definition) is 4. The van der Waals surface area contributed by atoms with E-state index in [-0.39, 0.29) is 0 Å². The average Bonchev–Trinajstić information content (AvgIpc) is 3.00. The molecule has 118 valence electrons. The number of nitrogens with zero attached hydrogens (tertiary/aromatic N) is 4. The first-order valence-corrected chi connectivity index (χ1v) is 9.58. The zero-order valence-corrected chi connectivity index (χ0v) is 15.5. The van der Waals surface area contributed by atoms with Crippen LogP contribution >= 0.6 is 27.3 Å². The van der Waals surface area contributed by atoms with Gasteiger partial charge in [0, 0.05) is 29.5 Å². The van der Waals surface area contributed by atoms with Gasteiger partial charge in [-0.05, 0) is 61.0 Å². The van der Waals surface area contributed by atoms with Crippen LogP contribution < -0.4 is 9.47 Å². The first kappa shape index (κ1) is 17.1. The number of halogens is 1. The highest BCUT2D eigenvalue weighted by molar-refractivity contribution is 9.09. The number of hydrogen-bond donors (Lipinski definition) is 0. The normalized spacial score (nSPS) is 11.2. The number of alkyl halides is 1. The molecule has 2 rings (SSSR count). The number of anilines is 1. The van der Waals surface area contributed by atoms with E-state index in [1.807, 2.05) is 17.5 Å². The largest absolute Gasteiger partial charge is 0.408 e. The molecule has 6 heteroatoms. The van der Waals surface area contributed by atoms with Gasteiger partial charge in [0.05, 0.1) is 11.7 Å². The van der Waals surface area contributed by atoms with Crippen molar-refractivity contribution in [2.45, 2.75) is 26.8 Å². The summed E-state index contributed by atoms with van der Waals surface area (Å²) in [6, 6.07) is 8.25. The monoisotopic (exact) mass is 381 g/mol. The number of rotatable bonds is 8. The van der Waals surface area contributed by atoms with Crippen LogP contribution in [0.15, 0.2) is 46.1 Å². The molecule has 0 aliphatic carbocycles. The highest BCUT2D eigenvalue weighted by atomic mass is 79.9. The van der Waals surface area contributed by atoms with Crippen LogP contribution in [0, 0.1) is 0 Å². The van der Waals surface area contributed by atoms with Gasteiger partial charge in [-0.15, -0.1) is 0 Å². The Bertz CT molecular complexity index is 590. The second-order valence-corrected chi connectivity index (χ2v) is 6.48. The molecule has 0 fully saturated rings. The van der Waals surface area contributed by atoms with E-state index in [2.05, 4.69) is 67.8 Å². The summed E-state index contributed by atoms with van der Waals surface area (Å²) in [7, 11) is 0. The molecule has 0 amide bonds. The molecule has 1 aromatic carbocycles. The zero-order chi connectivity index (χ0) is 15.8. The van der Waals surface area contributed by atoms with Gasteiger partial charge >= 0.3 is 5.13 Å². The third-order valence-electron chi connectivity index (χ3n) is 3.42. The number of thiazole rings is 1. The Morgan fingerprint density at radius 1 is 1.14 bits per heavy atom. The van der Waals surface area contributed by atoms with Crippen LogP contribution in [0.1, 0.15) is 20.3 Å². The van der Waals surface area contributed by atoms with Crippen LogP contribution in [0.3, 0.4) is 0 Å². The van der Waals surface area contributed by atoms with Gasteiger partial charge in [-0.25, -0.2) is 4.57 Å². The third-order valence-corrected chi connectivity index (χ3v) is 4.77. The van der Waals surface area contributed by atoms with Crippen molar-refractivity contribution in [3.8, 4) is 0 Å². The molecule has 1 heterocycles. The van der Waals surface area contributed by atoms with E-state index in [1.54, 1.807) is 11.3 Å². The highest BCUT2D eigenvalue weighted by Crippen LogP contribution is 2.22. The lowest BCUT2D eigenvalue weighted by atomic mass is 10.2. The van der Waals surface area contributed by atoms with Gasteiger partial charge in [-0.3, -0.25) is 0 Å². The fourth-order valence-electron chi connectivity index (χ4n) is 2.20. The van der Waals surface area contributed by atoms with Gasteiger partial charge in [0.1, 0.15) is 11.9 Å². The summed E-state index contributed by atoms with van der Waals surface area (Å²) < 4.78 is 2.14. The van der Waals surface area contributed by atoms with Crippen LogP contribution in [-0.4, -0.2) is 18.4 Å². The lowest BCUT2D eigenvalue weighted by Gasteiger charge is -2.20. The van der Waals surface area contributed by atoms with Crippen molar-refractivity contribution in [1.82, 2.24) is 0 Å². The molecular weight excluding hydrogens is 360 g/mol. The van der Waals surface area contributed by atoms with Crippen molar-refractivity contribution in [2.75, 3.05) is 23.3 Å². The molecule has 0 unspecified atom stereocenters. The Morgan fingerprint density at radius 3 is 2.50 bits per heavy atom. The Balaban J connectivity index is 2.06. The van der Waals surface area contributed by atoms with E-state index in [9.17, 15) is 0 Å². The number of benzene rings is 1. The van der Waals surface area contributed by atoms with Crippen molar-refractivity contribution in [1.29, 1.82) is 0 Å². The van der Waals surface area contributed by atoms with Gasteiger partial charge in [0.25, 0.3) is 0 Å². The van der Waals surface area contributed by atoms with Crippen LogP contribution in [0.25, 0.3) is 0 Å². The molecule has 0 aliphatic rings. The molecular formula is C16H22BrN4S+. The second-order valence-electron chi connectivity index (χ2n) is 4.81. The Labute approximate surface area is 144 Å². The highest BCUT2D eigenvalue weighted by Gasteiger charge is 2.11. The number of aryl methyl sites for hydroxylation is 1. The second kappa shape index (κ2) is 9.00. The average molecular weight is 382 g/mol. The quantitative estimate of drug-likeness (QED) is 0.356. The molecule has 0 radical (unpaired) electrons. The zero-order valence-electron chi connectivity index (χ0n) is 13.1. The first-order chi connectivity index (χ1) is 10.8. The molecule has 0 atom stereocenters. The lowest BCUT2D eigenvalue weighted by Crippen LogP contribution is -2.30. The minimum Gasteiger partial charge on any atom is -0.372 e. The summed E-state index contributed by atoms with van der Waals surface area (Å²) in [5, 5.41) is 12.7. The van der Waals surface area contributed by atoms with Gasteiger partial charge < -0.3 is 4.90 Å². The fourth-order valence-corrected chi connectivity index (χ4v) is 3.15. The molecule has 0 spiro atoms. The predicted molar refractivity (Wildman–Crippen MR) is 97.1 cm³/mol. The van der Waals surface area contributed by atoms with Gasteiger partial charge in [-0.1, -0.05) is 15.9 Å². The summed E-state index contributed by atoms with van der Waals surface area (Å²) in [5.41, 5.74) is 2.11. The topological polar surface area (TPSA) is 31.8 Å². The Morgan fingerprint density at radius 2 is 1.86 bits per heavy atom. The van der Waals surface area contributed by atoms with Crippen LogP contribution in [0.5, 0.6) is 0 Å². The van der Waals surface area contributed by atoms with Gasteiger partial charge in [0.15, 0.2) is 0 Å². The maximum atomic E-state index is 4.38. The van der Waals surface area contributed by atoms with E-state index >= 15 is 0 Å². The standard InChI is InChI=1S/C16H22BrN4S/c1-3-20(4-2)15-8-6-14(7-9-15)18-19-16-21(11-5-10-17)12-13-22-16/h6-9,12-13H,3-5,10-11H2,1-2H3/q+1. The Hall–Kier alpha value is -1.27. The molecule has 1 aromatic heterocycles. The minimum atomic E-state index is 0.886. The van der Waals surface area contributed by atoms with Crippen molar-refractivity contribution in [3.05, 3.63) is 35.8 Å². The molecule has 0 saturated carbocycles. The van der Waals surface area contributed by atoms with Crippen molar-refractivity contribution in [3.63, 3.8) is 0 Å². The summed E-state index contributed by atoms with van der Waals surface area (Å²) in [5.74, 6) is 0. The Kier molecular flexibility index (Phi) is 6.99. The van der Waals surface area contributed by atoms with Crippen molar-refractivity contribution in [2.24, 2.45) is 10.2 Å². The summed E-state index contributed by atoms with van der Waals surface area (Å²) in [6.45, 7) is 7.32. The van der Waals surface area contributed by atoms with Crippen molar-refractivity contribution < 1.29 is 4.57 Å². The summed E-state index contributed by atoms with van der Waals surface area (Å²) >= 11 is 5.07. The number of azo groups is 1. The molecule has 0 bridgehead atoms. The molecule has 4 nitrogen and oxygen atoms in total. The molecule has 2 aromatic rings. The lowest BCUT2D eigenvalue weighted by molar-refractivity contribution is -0.680. The molecule has 0 saturated heterocycles. The van der Waals surface area contributed by atoms with Gasteiger partial charge in [-0.2, -0.15) is 0 Å². The first-order valence-electron chi connectivity index (χ1n) is 7.58. The van der Waals surface area contributed by atoms with Crippen LogP contribution in [0.2, 0.25) is 0 Å². The molecule has 0 aliphatic heterocycles. The van der Waals surface area contributed by atoms with Crippen molar-refractivity contribution >= 4 is 43.8 Å². The molecule has 22 heavy (non-hydrogen) atoms. The van der Waals surface area contributed by atoms with E-state index in [0.717, 1.165) is 42.2 Å². The van der Waals surface area contributed by atoms with E-state index in [4.69, 9.17) is 0 Å². The van der Waals surface area contributed by atoms with E-state index in [0.29, 0.717) is 0 Å². The maximum absolute atomic E-state index is 4.38. The predicted octanol–water partition coefficient (Wildman–Crippen LogP) is 5.08. The smallest absolute Gasteiger partial charge is 0.372 e. The van der Waals surface area contributed by atoms with E-state index < -0.39 is 0 Å². The van der Waals surface area contributed by atoms with E-state index in [1.165, 1.54) is 5.69 Å². The SMILES string of the molecule is CCN(CC)c1ccc(/N=N/c2scc[n+]2CCCBr)cc1. The van der Waals surface area contributed by atoms with Gasteiger partial charge in [0.2, 0.25) is 0 Å². The number of aromatic nitrogens is 1. The van der Waals surface area contributed by atoms with Crippen LogP contribution in [-0.2, 0) is 6.54 Å². The van der Waals surface area contributed by atoms with Crippen LogP contribution in [0.4, 0.5) is 16.5 Å². The summed E-state index contributed by atoms with van der Waals surface area (Å²) in [4.78, 5) is 2.31. The molecule has 0 N–H and O–H groups in total. The summed E-state index contributed by atoms with van der Waals surface area (Å²) in [6.07, 6.45) is 3.15.